The lowest BCUT2D eigenvalue weighted by molar-refractivity contribution is -0.188. The van der Waals surface area contributed by atoms with Crippen LogP contribution in [-0.2, 0) is 9.63 Å². The Morgan fingerprint density at radius 1 is 1.19 bits per heavy atom. The van der Waals surface area contributed by atoms with Gasteiger partial charge in [0.05, 0.1) is 13.2 Å². The minimum Gasteiger partial charge on any atom is -0.454 e. The van der Waals surface area contributed by atoms with E-state index in [4.69, 9.17) is 14.3 Å². The molecular weight excluding hydrogens is 392 g/mol. The standard InChI is InChI=1S/C25H40N2O4/c1-5-8-19(4)13-22-14-21(20-9-10-23-24(15-20)30-18-29-23)16-26(22)17-25(28)27(11-6-2)31-12-7-3/h9-10,15,19,21-22H,5-8,11-14,16-18H2,1-4H3/t19?,21?,22-/m0/s1. The summed E-state index contributed by atoms with van der Waals surface area (Å²) in [5.74, 6) is 2.80. The average Bonchev–Trinajstić information content (AvgIpc) is 3.37. The molecule has 2 aliphatic rings. The third-order valence-electron chi connectivity index (χ3n) is 6.35. The van der Waals surface area contributed by atoms with Crippen LogP contribution in [0.1, 0.15) is 77.7 Å². The number of carbonyl (C=O) groups excluding carboxylic acids is 1. The van der Waals surface area contributed by atoms with E-state index in [0.717, 1.165) is 43.7 Å². The highest BCUT2D eigenvalue weighted by Crippen LogP contribution is 2.40. The maximum Gasteiger partial charge on any atom is 0.260 e. The van der Waals surface area contributed by atoms with Crippen molar-refractivity contribution in [2.75, 3.05) is 33.0 Å². The highest BCUT2D eigenvalue weighted by atomic mass is 16.7. The van der Waals surface area contributed by atoms with Crippen molar-refractivity contribution in [3.05, 3.63) is 23.8 Å². The Kier molecular flexibility index (Phi) is 9.02. The number of fused-ring (bicyclic) bond motifs is 1. The van der Waals surface area contributed by atoms with Crippen molar-refractivity contribution in [2.45, 2.75) is 78.2 Å². The number of carbonyl (C=O) groups is 1. The Morgan fingerprint density at radius 2 is 2.00 bits per heavy atom. The van der Waals surface area contributed by atoms with Crippen molar-refractivity contribution in [3.63, 3.8) is 0 Å². The van der Waals surface area contributed by atoms with Crippen molar-refractivity contribution in [3.8, 4) is 11.5 Å². The monoisotopic (exact) mass is 432 g/mol. The van der Waals surface area contributed by atoms with Gasteiger partial charge in [-0.15, -0.1) is 0 Å². The van der Waals surface area contributed by atoms with Crippen molar-refractivity contribution in [1.82, 2.24) is 9.96 Å². The third kappa shape index (κ3) is 6.36. The molecule has 2 heterocycles. The maximum atomic E-state index is 13.1. The van der Waals surface area contributed by atoms with Crippen molar-refractivity contribution < 1.29 is 19.1 Å². The van der Waals surface area contributed by atoms with E-state index in [2.05, 4.69) is 44.7 Å². The van der Waals surface area contributed by atoms with Gasteiger partial charge >= 0.3 is 0 Å². The Morgan fingerprint density at radius 3 is 2.74 bits per heavy atom. The summed E-state index contributed by atoms with van der Waals surface area (Å²) in [4.78, 5) is 21.2. The molecule has 1 amide bonds. The number of amides is 1. The fraction of sp³-hybridized carbons (Fsp3) is 0.720. The van der Waals surface area contributed by atoms with Gasteiger partial charge in [-0.25, -0.2) is 5.06 Å². The van der Waals surface area contributed by atoms with Gasteiger partial charge in [0.1, 0.15) is 0 Å². The topological polar surface area (TPSA) is 51.2 Å². The van der Waals surface area contributed by atoms with Crippen LogP contribution >= 0.6 is 0 Å². The predicted molar refractivity (Wildman–Crippen MR) is 122 cm³/mol. The van der Waals surface area contributed by atoms with Gasteiger partial charge in [0.2, 0.25) is 6.79 Å². The summed E-state index contributed by atoms with van der Waals surface area (Å²) in [6, 6.07) is 6.71. The van der Waals surface area contributed by atoms with Gasteiger partial charge in [0, 0.05) is 19.1 Å². The van der Waals surface area contributed by atoms with E-state index in [9.17, 15) is 4.79 Å². The molecule has 0 aromatic heterocycles. The minimum atomic E-state index is 0.0785. The molecule has 0 radical (unpaired) electrons. The van der Waals surface area contributed by atoms with Crippen LogP contribution in [0.25, 0.3) is 0 Å². The summed E-state index contributed by atoms with van der Waals surface area (Å²) in [6.07, 6.45) is 6.44. The van der Waals surface area contributed by atoms with Crippen LogP contribution in [-0.4, -0.2) is 54.9 Å². The number of hydrogen-bond donors (Lipinski definition) is 0. The second-order valence-corrected chi connectivity index (χ2v) is 9.09. The lowest BCUT2D eigenvalue weighted by atomic mass is 9.91. The Hall–Kier alpha value is -1.79. The Labute approximate surface area is 187 Å². The molecule has 0 spiro atoms. The molecule has 2 aliphatic heterocycles. The van der Waals surface area contributed by atoms with E-state index < -0.39 is 0 Å². The predicted octanol–water partition coefficient (Wildman–Crippen LogP) is 4.98. The maximum absolute atomic E-state index is 13.1. The van der Waals surface area contributed by atoms with Crippen LogP contribution < -0.4 is 9.47 Å². The number of hydroxylamine groups is 2. The molecule has 0 N–H and O–H groups in total. The van der Waals surface area contributed by atoms with E-state index >= 15 is 0 Å². The van der Waals surface area contributed by atoms with Crippen LogP contribution in [0.2, 0.25) is 0 Å². The molecule has 174 valence electrons. The zero-order valence-corrected chi connectivity index (χ0v) is 19.8. The van der Waals surface area contributed by atoms with Crippen LogP contribution in [0.4, 0.5) is 0 Å². The number of hydrogen-bond acceptors (Lipinski definition) is 5. The lowest BCUT2D eigenvalue weighted by Crippen LogP contribution is -2.43. The van der Waals surface area contributed by atoms with E-state index in [1.807, 2.05) is 6.07 Å². The van der Waals surface area contributed by atoms with E-state index in [1.165, 1.54) is 18.4 Å². The molecular formula is C25H40N2O4. The van der Waals surface area contributed by atoms with Crippen LogP contribution in [0, 0.1) is 5.92 Å². The number of likely N-dealkylation sites (tertiary alicyclic amines) is 1. The second-order valence-electron chi connectivity index (χ2n) is 9.09. The fourth-order valence-corrected chi connectivity index (χ4v) is 4.83. The molecule has 31 heavy (non-hydrogen) atoms. The Balaban J connectivity index is 1.71. The summed E-state index contributed by atoms with van der Waals surface area (Å²) in [5, 5.41) is 1.59. The molecule has 0 saturated carbocycles. The number of nitrogens with zero attached hydrogens (tertiary/aromatic N) is 2. The first-order chi connectivity index (χ1) is 15.0. The summed E-state index contributed by atoms with van der Waals surface area (Å²) >= 11 is 0. The van der Waals surface area contributed by atoms with Gasteiger partial charge in [0.25, 0.3) is 5.91 Å². The van der Waals surface area contributed by atoms with Crippen molar-refractivity contribution in [1.29, 1.82) is 0 Å². The summed E-state index contributed by atoms with van der Waals surface area (Å²) in [5.41, 5.74) is 1.28. The molecule has 1 aromatic rings. The second kappa shape index (κ2) is 11.7. The normalized spacial score (nSPS) is 21.4. The molecule has 0 aliphatic carbocycles. The molecule has 3 atom stereocenters. The first kappa shape index (κ1) is 23.9. The van der Waals surface area contributed by atoms with Gasteiger partial charge in [-0.1, -0.05) is 46.6 Å². The zero-order valence-electron chi connectivity index (χ0n) is 19.8. The van der Waals surface area contributed by atoms with Gasteiger partial charge < -0.3 is 9.47 Å². The molecule has 6 nitrogen and oxygen atoms in total. The number of rotatable bonds is 12. The third-order valence-corrected chi connectivity index (χ3v) is 6.35. The van der Waals surface area contributed by atoms with Gasteiger partial charge in [-0.3, -0.25) is 14.5 Å². The lowest BCUT2D eigenvalue weighted by Gasteiger charge is -2.29. The molecule has 3 rings (SSSR count). The van der Waals surface area contributed by atoms with Crippen molar-refractivity contribution >= 4 is 5.91 Å². The molecule has 1 saturated heterocycles. The van der Waals surface area contributed by atoms with Gasteiger partial charge in [-0.05, 0) is 55.2 Å². The van der Waals surface area contributed by atoms with Gasteiger partial charge in [-0.2, -0.15) is 0 Å². The van der Waals surface area contributed by atoms with Crippen molar-refractivity contribution in [2.24, 2.45) is 5.92 Å². The highest BCUT2D eigenvalue weighted by molar-refractivity contribution is 5.77. The molecule has 1 aromatic carbocycles. The highest BCUT2D eigenvalue weighted by Gasteiger charge is 2.36. The smallest absolute Gasteiger partial charge is 0.260 e. The number of ether oxygens (including phenoxy) is 2. The van der Waals surface area contributed by atoms with Crippen LogP contribution in [0.15, 0.2) is 18.2 Å². The van der Waals surface area contributed by atoms with E-state index in [0.29, 0.717) is 44.4 Å². The van der Waals surface area contributed by atoms with Crippen LogP contribution in [0.3, 0.4) is 0 Å². The summed E-state index contributed by atoms with van der Waals surface area (Å²) < 4.78 is 11.1. The molecule has 1 fully saturated rings. The van der Waals surface area contributed by atoms with E-state index in [1.54, 1.807) is 5.06 Å². The minimum absolute atomic E-state index is 0.0785. The Bertz CT molecular complexity index is 711. The zero-order chi connectivity index (χ0) is 22.2. The first-order valence-electron chi connectivity index (χ1n) is 12.1. The number of benzene rings is 1. The quantitative estimate of drug-likeness (QED) is 0.436. The largest absolute Gasteiger partial charge is 0.454 e. The first-order valence-corrected chi connectivity index (χ1v) is 12.1. The van der Waals surface area contributed by atoms with E-state index in [-0.39, 0.29) is 5.91 Å². The SMILES string of the molecule is CCCON(CCC)C(=O)CN1CC(c2ccc3c(c2)OCO3)C[C@@H]1CC(C)CCC. The molecule has 0 bridgehead atoms. The molecule has 2 unspecified atom stereocenters. The average molecular weight is 433 g/mol. The van der Waals surface area contributed by atoms with Gasteiger partial charge in [0.15, 0.2) is 11.5 Å². The summed E-state index contributed by atoms with van der Waals surface area (Å²) in [7, 11) is 0. The fourth-order valence-electron chi connectivity index (χ4n) is 4.83. The molecule has 6 heteroatoms. The summed E-state index contributed by atoms with van der Waals surface area (Å²) in [6.45, 7) is 11.6. The van der Waals surface area contributed by atoms with Crippen LogP contribution in [0.5, 0.6) is 11.5 Å².